The number of aromatic nitrogens is 1. The molecule has 108 valence electrons. The molecule has 2 aromatic rings. The smallest absolute Gasteiger partial charge is 0.268 e. The summed E-state index contributed by atoms with van der Waals surface area (Å²) >= 11 is 5.79. The van der Waals surface area contributed by atoms with Crippen LogP contribution < -0.4 is 11.1 Å². The highest BCUT2D eigenvalue weighted by atomic mass is 35.5. The van der Waals surface area contributed by atoms with E-state index < -0.39 is 0 Å². The number of nitrogens with two attached hydrogens (primary N) is 1. The van der Waals surface area contributed by atoms with Crippen LogP contribution in [0.15, 0.2) is 36.5 Å². The fourth-order valence-electron chi connectivity index (χ4n) is 1.90. The Balaban J connectivity index is 2.09. The molecule has 4 nitrogen and oxygen atoms in total. The summed E-state index contributed by atoms with van der Waals surface area (Å²) in [6, 6.07) is 9.15. The van der Waals surface area contributed by atoms with Gasteiger partial charge < -0.3 is 16.0 Å². The predicted octanol–water partition coefficient (Wildman–Crippen LogP) is 2.47. The van der Waals surface area contributed by atoms with Crippen molar-refractivity contribution in [1.29, 1.82) is 0 Å². The Labute approximate surface area is 128 Å². The third kappa shape index (κ3) is 4.12. The number of carbonyl (C=O) groups excluding carboxylic acids is 1. The molecular weight excluding hydrogens is 286 g/mol. The lowest BCUT2D eigenvalue weighted by Crippen LogP contribution is -2.26. The number of halogens is 1. The van der Waals surface area contributed by atoms with Gasteiger partial charge >= 0.3 is 0 Å². The maximum Gasteiger partial charge on any atom is 0.268 e. The van der Waals surface area contributed by atoms with Crippen molar-refractivity contribution in [3.63, 3.8) is 0 Å². The van der Waals surface area contributed by atoms with Gasteiger partial charge in [0.25, 0.3) is 5.91 Å². The van der Waals surface area contributed by atoms with E-state index in [1.165, 1.54) is 0 Å². The first-order chi connectivity index (χ1) is 10.1. The maximum atomic E-state index is 12.1. The van der Waals surface area contributed by atoms with E-state index in [1.807, 2.05) is 31.2 Å². The summed E-state index contributed by atoms with van der Waals surface area (Å²) in [6.45, 7) is 2.24. The topological polar surface area (TPSA) is 70.9 Å². The maximum absolute atomic E-state index is 12.1. The average Bonchev–Trinajstić information content (AvgIpc) is 2.92. The largest absolute Gasteiger partial charge is 0.356 e. The highest BCUT2D eigenvalue weighted by Gasteiger charge is 2.13. The standard InChI is InChI=1S/C16H16ClN3O/c1-11(20-16(21)15-9-14(17)10-19-15)13-6-2-4-12(8-13)5-3-7-18/h2,4,6,8-11,19H,7,18H2,1H3,(H,20,21). The first kappa shape index (κ1) is 15.2. The zero-order chi connectivity index (χ0) is 15.2. The molecule has 21 heavy (non-hydrogen) atoms. The number of amides is 1. The van der Waals surface area contributed by atoms with Gasteiger partial charge in [-0.05, 0) is 30.7 Å². The van der Waals surface area contributed by atoms with Crippen LogP contribution in [0.25, 0.3) is 0 Å². The van der Waals surface area contributed by atoms with Crippen molar-refractivity contribution >= 4 is 17.5 Å². The summed E-state index contributed by atoms with van der Waals surface area (Å²) in [7, 11) is 0. The minimum Gasteiger partial charge on any atom is -0.356 e. The fourth-order valence-corrected chi connectivity index (χ4v) is 2.06. The lowest BCUT2D eigenvalue weighted by molar-refractivity contribution is 0.0935. The number of hydrogen-bond acceptors (Lipinski definition) is 2. The van der Waals surface area contributed by atoms with Crippen molar-refractivity contribution in [3.05, 3.63) is 58.4 Å². The average molecular weight is 302 g/mol. The van der Waals surface area contributed by atoms with Crippen molar-refractivity contribution in [1.82, 2.24) is 10.3 Å². The molecule has 4 N–H and O–H groups in total. The quantitative estimate of drug-likeness (QED) is 0.762. The second-order valence-corrected chi connectivity index (χ2v) is 4.99. The van der Waals surface area contributed by atoms with E-state index in [9.17, 15) is 4.79 Å². The van der Waals surface area contributed by atoms with Gasteiger partial charge in [0.05, 0.1) is 17.6 Å². The van der Waals surface area contributed by atoms with E-state index in [4.69, 9.17) is 17.3 Å². The number of rotatable bonds is 3. The lowest BCUT2D eigenvalue weighted by atomic mass is 10.1. The molecule has 5 heteroatoms. The van der Waals surface area contributed by atoms with Crippen LogP contribution in [-0.2, 0) is 0 Å². The monoisotopic (exact) mass is 301 g/mol. The van der Waals surface area contributed by atoms with E-state index in [2.05, 4.69) is 22.1 Å². The molecule has 0 aliphatic rings. The van der Waals surface area contributed by atoms with Crippen molar-refractivity contribution in [2.75, 3.05) is 6.54 Å². The van der Waals surface area contributed by atoms with Gasteiger partial charge in [-0.3, -0.25) is 4.79 Å². The van der Waals surface area contributed by atoms with Gasteiger partial charge in [0.2, 0.25) is 0 Å². The van der Waals surface area contributed by atoms with Gasteiger partial charge in [0.15, 0.2) is 0 Å². The minimum atomic E-state index is -0.201. The molecule has 0 aliphatic heterocycles. The number of aromatic amines is 1. The Hall–Kier alpha value is -2.22. The Bertz CT molecular complexity index is 697. The Morgan fingerprint density at radius 1 is 1.48 bits per heavy atom. The highest BCUT2D eigenvalue weighted by molar-refractivity contribution is 6.30. The van der Waals surface area contributed by atoms with E-state index in [0.29, 0.717) is 17.3 Å². The molecule has 1 heterocycles. The summed E-state index contributed by atoms with van der Waals surface area (Å²) in [6.07, 6.45) is 1.57. The fraction of sp³-hybridized carbons (Fsp3) is 0.188. The van der Waals surface area contributed by atoms with Crippen LogP contribution in [-0.4, -0.2) is 17.4 Å². The van der Waals surface area contributed by atoms with Crippen molar-refractivity contribution in [2.45, 2.75) is 13.0 Å². The summed E-state index contributed by atoms with van der Waals surface area (Å²) in [5.74, 6) is 5.59. The van der Waals surface area contributed by atoms with Gasteiger partial charge in [0.1, 0.15) is 5.69 Å². The predicted molar refractivity (Wildman–Crippen MR) is 84.1 cm³/mol. The van der Waals surface area contributed by atoms with Crippen LogP contribution in [0, 0.1) is 11.8 Å². The molecular formula is C16H16ClN3O. The van der Waals surface area contributed by atoms with Gasteiger partial charge in [-0.15, -0.1) is 0 Å². The van der Waals surface area contributed by atoms with Crippen LogP contribution in [0.5, 0.6) is 0 Å². The molecule has 1 aromatic carbocycles. The lowest BCUT2D eigenvalue weighted by Gasteiger charge is -2.14. The highest BCUT2D eigenvalue weighted by Crippen LogP contribution is 2.15. The molecule has 0 saturated carbocycles. The van der Waals surface area contributed by atoms with Gasteiger partial charge in [0, 0.05) is 11.8 Å². The van der Waals surface area contributed by atoms with Gasteiger partial charge in [-0.25, -0.2) is 0 Å². The molecule has 0 radical (unpaired) electrons. The molecule has 1 unspecified atom stereocenters. The molecule has 0 aliphatic carbocycles. The first-order valence-corrected chi connectivity index (χ1v) is 6.91. The molecule has 1 atom stereocenters. The van der Waals surface area contributed by atoms with Crippen LogP contribution in [0.2, 0.25) is 5.02 Å². The van der Waals surface area contributed by atoms with Crippen molar-refractivity contribution < 1.29 is 4.79 Å². The van der Waals surface area contributed by atoms with E-state index in [-0.39, 0.29) is 11.9 Å². The summed E-state index contributed by atoms with van der Waals surface area (Å²) in [5, 5.41) is 3.41. The van der Waals surface area contributed by atoms with E-state index in [1.54, 1.807) is 12.3 Å². The molecule has 1 aromatic heterocycles. The molecule has 2 rings (SSSR count). The number of nitrogens with one attached hydrogen (secondary N) is 2. The summed E-state index contributed by atoms with van der Waals surface area (Å²) in [4.78, 5) is 14.9. The van der Waals surface area contributed by atoms with E-state index >= 15 is 0 Å². The number of carbonyl (C=O) groups is 1. The van der Waals surface area contributed by atoms with Crippen LogP contribution in [0.1, 0.15) is 34.6 Å². The Kier molecular flexibility index (Phi) is 5.04. The van der Waals surface area contributed by atoms with Gasteiger partial charge in [-0.1, -0.05) is 35.6 Å². The van der Waals surface area contributed by atoms with Crippen LogP contribution in [0.3, 0.4) is 0 Å². The number of H-pyrrole nitrogens is 1. The minimum absolute atomic E-state index is 0.140. The first-order valence-electron chi connectivity index (χ1n) is 6.54. The third-order valence-corrected chi connectivity index (χ3v) is 3.18. The molecule has 0 fully saturated rings. The Morgan fingerprint density at radius 2 is 2.29 bits per heavy atom. The third-order valence-electron chi connectivity index (χ3n) is 2.96. The summed E-state index contributed by atoms with van der Waals surface area (Å²) < 4.78 is 0. The second kappa shape index (κ2) is 6.98. The number of hydrogen-bond donors (Lipinski definition) is 3. The summed E-state index contributed by atoms with van der Waals surface area (Å²) in [5.41, 5.74) is 7.65. The van der Waals surface area contributed by atoms with Crippen LogP contribution in [0.4, 0.5) is 0 Å². The Morgan fingerprint density at radius 3 is 2.95 bits per heavy atom. The van der Waals surface area contributed by atoms with Crippen molar-refractivity contribution in [2.24, 2.45) is 5.73 Å². The second-order valence-electron chi connectivity index (χ2n) is 4.56. The zero-order valence-electron chi connectivity index (χ0n) is 11.6. The van der Waals surface area contributed by atoms with Gasteiger partial charge in [-0.2, -0.15) is 0 Å². The zero-order valence-corrected chi connectivity index (χ0v) is 12.4. The SMILES string of the molecule is CC(NC(=O)c1cc(Cl)c[nH]1)c1cccc(C#CCN)c1. The number of benzene rings is 1. The van der Waals surface area contributed by atoms with Crippen molar-refractivity contribution in [3.8, 4) is 11.8 Å². The molecule has 0 spiro atoms. The van der Waals surface area contributed by atoms with Crippen LogP contribution >= 0.6 is 11.6 Å². The normalized spacial score (nSPS) is 11.4. The molecule has 1 amide bonds. The molecule has 0 bridgehead atoms. The molecule has 0 saturated heterocycles. The van der Waals surface area contributed by atoms with E-state index in [0.717, 1.165) is 11.1 Å².